The molecule has 0 radical (unpaired) electrons. The van der Waals surface area contributed by atoms with Gasteiger partial charge in [0, 0.05) is 36.1 Å². The molecule has 1 aliphatic rings. The summed E-state index contributed by atoms with van der Waals surface area (Å²) in [6.07, 6.45) is 5.15. The number of nitrogens with zero attached hydrogens (tertiary/aromatic N) is 3. The molecular formula is C26H22FN3O3. The predicted octanol–water partition coefficient (Wildman–Crippen LogP) is 5.65. The fourth-order valence-electron chi connectivity index (χ4n) is 4.28. The minimum atomic E-state index is -0.831. The van der Waals surface area contributed by atoms with E-state index in [0.29, 0.717) is 24.0 Å². The molecule has 1 fully saturated rings. The van der Waals surface area contributed by atoms with Crippen molar-refractivity contribution in [1.29, 1.82) is 0 Å². The van der Waals surface area contributed by atoms with E-state index in [4.69, 9.17) is 9.40 Å². The van der Waals surface area contributed by atoms with E-state index < -0.39 is 5.97 Å². The molecule has 33 heavy (non-hydrogen) atoms. The third-order valence-electron chi connectivity index (χ3n) is 5.91. The summed E-state index contributed by atoms with van der Waals surface area (Å²) in [5.74, 6) is -0.508. The van der Waals surface area contributed by atoms with Crippen LogP contribution in [0.1, 0.15) is 19.3 Å². The zero-order chi connectivity index (χ0) is 22.8. The number of carboxylic acid groups (broad SMARTS) is 1. The van der Waals surface area contributed by atoms with Crippen molar-refractivity contribution in [2.75, 3.05) is 11.4 Å². The third kappa shape index (κ3) is 4.35. The summed E-state index contributed by atoms with van der Waals surface area (Å²) in [6, 6.07) is 18.2. The fraction of sp³-hybridized carbons (Fsp3) is 0.192. The van der Waals surface area contributed by atoms with Gasteiger partial charge in [0.05, 0.1) is 6.42 Å². The predicted molar refractivity (Wildman–Crippen MR) is 123 cm³/mol. The molecule has 5 rings (SSSR count). The van der Waals surface area contributed by atoms with Crippen molar-refractivity contribution in [3.63, 3.8) is 0 Å². The Morgan fingerprint density at radius 2 is 1.73 bits per heavy atom. The zero-order valence-electron chi connectivity index (χ0n) is 17.8. The summed E-state index contributed by atoms with van der Waals surface area (Å²) < 4.78 is 19.5. The summed E-state index contributed by atoms with van der Waals surface area (Å²) in [7, 11) is 0. The quantitative estimate of drug-likeness (QED) is 0.415. The van der Waals surface area contributed by atoms with E-state index in [0.717, 1.165) is 35.1 Å². The number of hydrogen-bond donors (Lipinski definition) is 1. The molecule has 7 heteroatoms. The van der Waals surface area contributed by atoms with Gasteiger partial charge in [0.15, 0.2) is 5.76 Å². The normalized spacial score (nSPS) is 15.7. The van der Waals surface area contributed by atoms with Crippen molar-refractivity contribution < 1.29 is 18.7 Å². The standard InChI is InChI=1S/C26H22FN3O3/c27-21-11-9-18(10-12-21)17-5-7-19(8-6-17)24-25(20-3-1-13-28-16-20)33-26(29-24)30-14-2-4-22(30)15-23(31)32/h1,3,5-13,16,22H,2,4,14-15H2,(H,31,32). The number of aromatic nitrogens is 2. The van der Waals surface area contributed by atoms with Gasteiger partial charge in [0.25, 0.3) is 6.01 Å². The summed E-state index contributed by atoms with van der Waals surface area (Å²) in [5.41, 5.74) is 4.22. The molecule has 0 aliphatic carbocycles. The van der Waals surface area contributed by atoms with Gasteiger partial charge in [-0.05, 0) is 48.2 Å². The Morgan fingerprint density at radius 1 is 1.03 bits per heavy atom. The second kappa shape index (κ2) is 8.86. The Balaban J connectivity index is 1.53. The number of carbonyl (C=O) groups is 1. The van der Waals surface area contributed by atoms with Crippen LogP contribution in [-0.2, 0) is 4.79 Å². The van der Waals surface area contributed by atoms with Gasteiger partial charge in [0.1, 0.15) is 11.5 Å². The number of rotatable bonds is 6. The number of hydrogen-bond acceptors (Lipinski definition) is 5. The maximum absolute atomic E-state index is 13.3. The Labute approximate surface area is 190 Å². The lowest BCUT2D eigenvalue weighted by molar-refractivity contribution is -0.137. The van der Waals surface area contributed by atoms with E-state index in [-0.39, 0.29) is 18.3 Å². The van der Waals surface area contributed by atoms with E-state index in [1.165, 1.54) is 12.1 Å². The lowest BCUT2D eigenvalue weighted by Crippen LogP contribution is -2.31. The minimum absolute atomic E-state index is 0.0479. The second-order valence-electron chi connectivity index (χ2n) is 8.09. The fourth-order valence-corrected chi connectivity index (χ4v) is 4.28. The van der Waals surface area contributed by atoms with Gasteiger partial charge in [-0.3, -0.25) is 9.78 Å². The molecule has 1 atom stereocenters. The molecule has 0 spiro atoms. The van der Waals surface area contributed by atoms with Crippen molar-refractivity contribution in [2.24, 2.45) is 0 Å². The summed E-state index contributed by atoms with van der Waals surface area (Å²) >= 11 is 0. The first kappa shape index (κ1) is 20.9. The Bertz CT molecular complexity index is 1250. The average Bonchev–Trinajstić information content (AvgIpc) is 3.47. The van der Waals surface area contributed by atoms with Crippen molar-refractivity contribution >= 4 is 12.0 Å². The molecule has 3 heterocycles. The van der Waals surface area contributed by atoms with Gasteiger partial charge in [-0.15, -0.1) is 0 Å². The van der Waals surface area contributed by atoms with Crippen LogP contribution in [0.2, 0.25) is 0 Å². The van der Waals surface area contributed by atoms with Crippen molar-refractivity contribution in [3.05, 3.63) is 78.9 Å². The highest BCUT2D eigenvalue weighted by molar-refractivity contribution is 5.79. The molecule has 2 aromatic carbocycles. The van der Waals surface area contributed by atoms with Crippen LogP contribution in [0, 0.1) is 5.82 Å². The van der Waals surface area contributed by atoms with Crippen LogP contribution in [0.3, 0.4) is 0 Å². The maximum Gasteiger partial charge on any atom is 0.305 e. The van der Waals surface area contributed by atoms with Crippen LogP contribution in [0.5, 0.6) is 0 Å². The maximum atomic E-state index is 13.3. The third-order valence-corrected chi connectivity index (χ3v) is 5.91. The van der Waals surface area contributed by atoms with Crippen molar-refractivity contribution in [3.8, 4) is 33.7 Å². The number of aliphatic carboxylic acids is 1. The average molecular weight is 443 g/mol. The topological polar surface area (TPSA) is 79.5 Å². The molecular weight excluding hydrogens is 421 g/mol. The Hall–Kier alpha value is -4.00. The molecule has 4 aromatic rings. The largest absolute Gasteiger partial charge is 0.481 e. The van der Waals surface area contributed by atoms with E-state index in [1.807, 2.05) is 41.3 Å². The second-order valence-corrected chi connectivity index (χ2v) is 8.09. The van der Waals surface area contributed by atoms with Gasteiger partial charge in [-0.25, -0.2) is 4.39 Å². The minimum Gasteiger partial charge on any atom is -0.481 e. The number of pyridine rings is 1. The van der Waals surface area contributed by atoms with E-state index >= 15 is 0 Å². The van der Waals surface area contributed by atoms with Gasteiger partial charge in [0.2, 0.25) is 0 Å². The number of carboxylic acids is 1. The van der Waals surface area contributed by atoms with Crippen LogP contribution in [0.4, 0.5) is 10.4 Å². The van der Waals surface area contributed by atoms with Crippen LogP contribution < -0.4 is 4.90 Å². The molecule has 2 aromatic heterocycles. The number of halogens is 1. The number of anilines is 1. The zero-order valence-corrected chi connectivity index (χ0v) is 17.8. The van der Waals surface area contributed by atoms with E-state index in [1.54, 1.807) is 24.5 Å². The molecule has 0 bridgehead atoms. The first-order valence-corrected chi connectivity index (χ1v) is 10.8. The van der Waals surface area contributed by atoms with E-state index in [2.05, 4.69) is 4.98 Å². The van der Waals surface area contributed by atoms with Crippen LogP contribution in [-0.4, -0.2) is 33.6 Å². The molecule has 1 unspecified atom stereocenters. The highest BCUT2D eigenvalue weighted by Gasteiger charge is 2.31. The summed E-state index contributed by atoms with van der Waals surface area (Å²) in [6.45, 7) is 0.702. The summed E-state index contributed by atoms with van der Waals surface area (Å²) in [5, 5.41) is 9.28. The molecule has 0 amide bonds. The lowest BCUT2D eigenvalue weighted by Gasteiger charge is -2.21. The van der Waals surface area contributed by atoms with Crippen molar-refractivity contribution in [1.82, 2.24) is 9.97 Å². The summed E-state index contributed by atoms with van der Waals surface area (Å²) in [4.78, 5) is 22.3. The van der Waals surface area contributed by atoms with Crippen molar-refractivity contribution in [2.45, 2.75) is 25.3 Å². The smallest absolute Gasteiger partial charge is 0.305 e. The van der Waals surface area contributed by atoms with Gasteiger partial charge in [-0.1, -0.05) is 36.4 Å². The molecule has 1 aliphatic heterocycles. The van der Waals surface area contributed by atoms with Crippen LogP contribution in [0.25, 0.3) is 33.7 Å². The highest BCUT2D eigenvalue weighted by Crippen LogP contribution is 2.38. The Morgan fingerprint density at radius 3 is 2.39 bits per heavy atom. The van der Waals surface area contributed by atoms with Crippen LogP contribution in [0.15, 0.2) is 77.5 Å². The highest BCUT2D eigenvalue weighted by atomic mass is 19.1. The van der Waals surface area contributed by atoms with Crippen LogP contribution >= 0.6 is 0 Å². The molecule has 1 N–H and O–H groups in total. The van der Waals surface area contributed by atoms with Gasteiger partial charge < -0.3 is 14.4 Å². The first-order valence-electron chi connectivity index (χ1n) is 10.8. The monoisotopic (exact) mass is 443 g/mol. The van der Waals surface area contributed by atoms with Gasteiger partial charge >= 0.3 is 5.97 Å². The lowest BCUT2D eigenvalue weighted by atomic mass is 10.0. The van der Waals surface area contributed by atoms with E-state index in [9.17, 15) is 14.3 Å². The molecule has 0 saturated carbocycles. The number of benzene rings is 2. The molecule has 166 valence electrons. The van der Waals surface area contributed by atoms with Gasteiger partial charge in [-0.2, -0.15) is 4.98 Å². The SMILES string of the molecule is O=C(O)CC1CCCN1c1nc(-c2ccc(-c3ccc(F)cc3)cc2)c(-c2cccnc2)o1. The number of oxazole rings is 1. The molecule has 1 saturated heterocycles. The molecule has 6 nitrogen and oxygen atoms in total. The first-order chi connectivity index (χ1) is 16.1. The Kier molecular flexibility index (Phi) is 5.60.